The molecule has 0 bridgehead atoms. The Bertz CT molecular complexity index is 460. The zero-order chi connectivity index (χ0) is 15.3. The molecule has 0 aliphatic rings. The van der Waals surface area contributed by atoms with Crippen molar-refractivity contribution in [3.05, 3.63) is 29.8 Å². The number of ether oxygens (including phenoxy) is 1. The number of likely N-dealkylation sites (N-methyl/N-ethyl adjacent to an activating group) is 1. The molecule has 20 heavy (non-hydrogen) atoms. The molecule has 0 heterocycles. The lowest BCUT2D eigenvalue weighted by Gasteiger charge is -2.23. The van der Waals surface area contributed by atoms with Crippen molar-refractivity contribution in [1.82, 2.24) is 4.90 Å². The van der Waals surface area contributed by atoms with E-state index >= 15 is 0 Å². The van der Waals surface area contributed by atoms with Gasteiger partial charge >= 0.3 is 12.1 Å². The number of nitrogens with zero attached hydrogens (tertiary/aromatic N) is 1. The van der Waals surface area contributed by atoms with E-state index in [-0.39, 0.29) is 18.8 Å². The summed E-state index contributed by atoms with van der Waals surface area (Å²) in [5, 5.41) is 8.75. The third kappa shape index (κ3) is 5.08. The monoisotopic (exact) mass is 291 g/mol. The quantitative estimate of drug-likeness (QED) is 0.875. The molecule has 1 atom stereocenters. The minimum absolute atomic E-state index is 0.000606. The summed E-state index contributed by atoms with van der Waals surface area (Å²) in [5.41, 5.74) is -0.797. The highest BCUT2D eigenvalue weighted by molar-refractivity contribution is 5.67. The number of rotatable bonds is 6. The zero-order valence-corrected chi connectivity index (χ0v) is 11.1. The Morgan fingerprint density at radius 1 is 1.40 bits per heavy atom. The first-order chi connectivity index (χ1) is 9.20. The van der Waals surface area contributed by atoms with Crippen LogP contribution < -0.4 is 4.74 Å². The van der Waals surface area contributed by atoms with Crippen LogP contribution >= 0.6 is 0 Å². The minimum Gasteiger partial charge on any atom is -0.492 e. The molecule has 1 unspecified atom stereocenters. The number of alkyl halides is 3. The van der Waals surface area contributed by atoms with Gasteiger partial charge in [-0.3, -0.25) is 4.79 Å². The van der Waals surface area contributed by atoms with Crippen LogP contribution in [-0.4, -0.2) is 42.7 Å². The van der Waals surface area contributed by atoms with Gasteiger partial charge in [-0.25, -0.2) is 0 Å². The number of hydrogen-bond acceptors (Lipinski definition) is 3. The Morgan fingerprint density at radius 2 is 2.05 bits per heavy atom. The number of aliphatic carboxylic acids is 1. The lowest BCUT2D eigenvalue weighted by molar-refractivity contribution is -0.138. The van der Waals surface area contributed by atoms with Gasteiger partial charge in [0.15, 0.2) is 0 Å². The molecule has 1 N–H and O–H groups in total. The summed E-state index contributed by atoms with van der Waals surface area (Å²) in [6.45, 7) is 0.000606. The molecule has 1 aromatic rings. The molecule has 0 fully saturated rings. The average molecular weight is 291 g/mol. The number of carboxylic acid groups (broad SMARTS) is 1. The van der Waals surface area contributed by atoms with Gasteiger partial charge in [-0.05, 0) is 32.3 Å². The number of halogens is 3. The maximum Gasteiger partial charge on any atom is 0.416 e. The normalized spacial score (nSPS) is 13.3. The fraction of sp³-hybridized carbons (Fsp3) is 0.462. The summed E-state index contributed by atoms with van der Waals surface area (Å²) in [5.74, 6) is -0.923. The van der Waals surface area contributed by atoms with E-state index in [9.17, 15) is 18.0 Å². The third-order valence-electron chi connectivity index (χ3n) is 2.74. The molecule has 0 saturated carbocycles. The van der Waals surface area contributed by atoms with E-state index in [1.54, 1.807) is 19.0 Å². The molecule has 112 valence electrons. The third-order valence-corrected chi connectivity index (χ3v) is 2.74. The van der Waals surface area contributed by atoms with Crippen molar-refractivity contribution in [3.8, 4) is 5.75 Å². The number of carboxylic acids is 1. The number of hydrogen-bond donors (Lipinski definition) is 1. The fourth-order valence-electron chi connectivity index (χ4n) is 1.55. The first-order valence-electron chi connectivity index (χ1n) is 5.88. The number of carbonyl (C=O) groups is 1. The van der Waals surface area contributed by atoms with E-state index < -0.39 is 23.8 Å². The van der Waals surface area contributed by atoms with E-state index in [0.717, 1.165) is 12.1 Å². The molecule has 0 amide bonds. The molecule has 0 spiro atoms. The van der Waals surface area contributed by atoms with Crippen molar-refractivity contribution < 1.29 is 27.8 Å². The average Bonchev–Trinajstić information content (AvgIpc) is 2.33. The first-order valence-corrected chi connectivity index (χ1v) is 5.88. The molecule has 1 aromatic carbocycles. The lowest BCUT2D eigenvalue weighted by Crippen LogP contribution is -2.35. The van der Waals surface area contributed by atoms with E-state index in [4.69, 9.17) is 9.84 Å². The van der Waals surface area contributed by atoms with Gasteiger partial charge in [-0.1, -0.05) is 6.07 Å². The van der Waals surface area contributed by atoms with E-state index in [2.05, 4.69) is 0 Å². The van der Waals surface area contributed by atoms with Crippen molar-refractivity contribution in [2.24, 2.45) is 0 Å². The van der Waals surface area contributed by atoms with Gasteiger partial charge in [0.1, 0.15) is 12.4 Å². The standard InChI is InChI=1S/C13H16F3NO3/c1-17(2)10(7-12(18)19)8-20-11-5-3-4-9(6-11)13(14,15)16/h3-6,10H,7-8H2,1-2H3,(H,18,19). The Labute approximate surface area is 114 Å². The molecule has 0 radical (unpaired) electrons. The van der Waals surface area contributed by atoms with Crippen molar-refractivity contribution >= 4 is 5.97 Å². The molecular weight excluding hydrogens is 275 g/mol. The van der Waals surface area contributed by atoms with Crippen LogP contribution in [0.2, 0.25) is 0 Å². The smallest absolute Gasteiger partial charge is 0.416 e. The summed E-state index contributed by atoms with van der Waals surface area (Å²) >= 11 is 0. The molecule has 0 aromatic heterocycles. The van der Waals surface area contributed by atoms with Gasteiger partial charge < -0.3 is 14.7 Å². The maximum atomic E-state index is 12.5. The van der Waals surface area contributed by atoms with Gasteiger partial charge in [0.05, 0.1) is 18.0 Å². The molecule has 4 nitrogen and oxygen atoms in total. The van der Waals surface area contributed by atoms with Crippen LogP contribution in [-0.2, 0) is 11.0 Å². The Kier molecular flexibility index (Phi) is 5.38. The van der Waals surface area contributed by atoms with Crippen molar-refractivity contribution in [2.45, 2.75) is 18.6 Å². The molecule has 0 aliphatic carbocycles. The van der Waals surface area contributed by atoms with Gasteiger partial charge in [0, 0.05) is 0 Å². The summed E-state index contributed by atoms with van der Waals surface area (Å²) in [4.78, 5) is 12.3. The molecule has 1 rings (SSSR count). The summed E-state index contributed by atoms with van der Waals surface area (Å²) in [6.07, 6.45) is -4.58. The van der Waals surface area contributed by atoms with Crippen LogP contribution in [0, 0.1) is 0 Å². The predicted octanol–water partition coefficient (Wildman–Crippen LogP) is 2.49. The van der Waals surface area contributed by atoms with Crippen LogP contribution in [0.5, 0.6) is 5.75 Å². The van der Waals surface area contributed by atoms with E-state index in [1.807, 2.05) is 0 Å². The van der Waals surface area contributed by atoms with Gasteiger partial charge in [-0.2, -0.15) is 13.2 Å². The van der Waals surface area contributed by atoms with E-state index in [1.165, 1.54) is 12.1 Å². The minimum atomic E-state index is -4.43. The van der Waals surface area contributed by atoms with Crippen molar-refractivity contribution in [1.29, 1.82) is 0 Å². The summed E-state index contributed by atoms with van der Waals surface area (Å²) in [7, 11) is 3.37. The second-order valence-corrected chi connectivity index (χ2v) is 4.55. The zero-order valence-electron chi connectivity index (χ0n) is 11.1. The van der Waals surface area contributed by atoms with Crippen LogP contribution in [0.25, 0.3) is 0 Å². The van der Waals surface area contributed by atoms with Crippen LogP contribution in [0.4, 0.5) is 13.2 Å². The van der Waals surface area contributed by atoms with Crippen LogP contribution in [0.3, 0.4) is 0 Å². The highest BCUT2D eigenvalue weighted by Gasteiger charge is 2.30. The predicted molar refractivity (Wildman–Crippen MR) is 66.7 cm³/mol. The summed E-state index contributed by atoms with van der Waals surface area (Å²) in [6, 6.07) is 4.09. The fourth-order valence-corrected chi connectivity index (χ4v) is 1.55. The van der Waals surface area contributed by atoms with Gasteiger partial charge in [-0.15, -0.1) is 0 Å². The molecular formula is C13H16F3NO3. The second kappa shape index (κ2) is 6.60. The van der Waals surface area contributed by atoms with Crippen molar-refractivity contribution in [3.63, 3.8) is 0 Å². The van der Waals surface area contributed by atoms with Gasteiger partial charge in [0.25, 0.3) is 0 Å². The topological polar surface area (TPSA) is 49.8 Å². The summed E-state index contributed by atoms with van der Waals surface area (Å²) < 4.78 is 42.8. The molecule has 0 saturated heterocycles. The van der Waals surface area contributed by atoms with E-state index in [0.29, 0.717) is 0 Å². The number of benzene rings is 1. The highest BCUT2D eigenvalue weighted by Crippen LogP contribution is 2.31. The highest BCUT2D eigenvalue weighted by atomic mass is 19.4. The Hall–Kier alpha value is -1.76. The molecule has 7 heteroatoms. The van der Waals surface area contributed by atoms with Gasteiger partial charge in [0.2, 0.25) is 0 Å². The SMILES string of the molecule is CN(C)C(COc1cccc(C(F)(F)F)c1)CC(=O)O. The largest absolute Gasteiger partial charge is 0.492 e. The first kappa shape index (κ1) is 16.3. The maximum absolute atomic E-state index is 12.5. The van der Waals surface area contributed by atoms with Crippen LogP contribution in [0.15, 0.2) is 24.3 Å². The Balaban J connectivity index is 2.71. The second-order valence-electron chi connectivity index (χ2n) is 4.55. The lowest BCUT2D eigenvalue weighted by atomic mass is 10.2. The Morgan fingerprint density at radius 3 is 2.55 bits per heavy atom. The molecule has 0 aliphatic heterocycles. The van der Waals surface area contributed by atoms with Crippen LogP contribution in [0.1, 0.15) is 12.0 Å². The van der Waals surface area contributed by atoms with Crippen molar-refractivity contribution in [2.75, 3.05) is 20.7 Å².